The Morgan fingerprint density at radius 2 is 1.96 bits per heavy atom. The van der Waals surface area contributed by atoms with Crippen molar-refractivity contribution in [1.29, 1.82) is 0 Å². The third kappa shape index (κ3) is 6.08. The molecule has 8 nitrogen and oxygen atoms in total. The fourth-order valence-electron chi connectivity index (χ4n) is 2.04. The molecule has 1 aromatic carbocycles. The van der Waals surface area contributed by atoms with E-state index in [1.807, 2.05) is 13.8 Å². The minimum absolute atomic E-state index is 0.306. The second-order valence-electron chi connectivity index (χ2n) is 5.53. The molecule has 0 aliphatic rings. The molecule has 0 bridgehead atoms. The average molecular weight is 431 g/mol. The zero-order valence-electron chi connectivity index (χ0n) is 15.5. The molecule has 0 saturated heterocycles. The number of thioether (sulfide) groups is 1. The van der Waals surface area contributed by atoms with Gasteiger partial charge < -0.3 is 4.74 Å². The van der Waals surface area contributed by atoms with Crippen molar-refractivity contribution in [3.8, 4) is 5.75 Å². The van der Waals surface area contributed by atoms with Gasteiger partial charge in [-0.2, -0.15) is 0 Å². The monoisotopic (exact) mass is 430 g/mol. The molecule has 0 fully saturated rings. The molecule has 0 spiro atoms. The Bertz CT molecular complexity index is 868. The number of amides is 1. The smallest absolute Gasteiger partial charge is 0.267 e. The number of carbonyl (C=O) groups is 1. The van der Waals surface area contributed by atoms with Gasteiger partial charge in [-0.05, 0) is 36.4 Å². The summed E-state index contributed by atoms with van der Waals surface area (Å²) in [5.74, 6) is 1.05. The number of aromatic nitrogens is 2. The van der Waals surface area contributed by atoms with Crippen molar-refractivity contribution >= 4 is 49.8 Å². The number of rotatable bonds is 9. The molecule has 0 unspecified atom stereocenters. The number of benzene rings is 1. The molecule has 2 rings (SSSR count). The third-order valence-corrected chi connectivity index (χ3v) is 6.60. The summed E-state index contributed by atoms with van der Waals surface area (Å²) in [6.45, 7) is 3.86. The highest BCUT2D eigenvalue weighted by Gasteiger charge is 2.20. The minimum atomic E-state index is -3.33. The predicted octanol–water partition coefficient (Wildman–Crippen LogP) is 2.84. The molecule has 11 heteroatoms. The van der Waals surface area contributed by atoms with Crippen LogP contribution in [0, 0.1) is 0 Å². The van der Waals surface area contributed by atoms with Gasteiger partial charge in [0, 0.05) is 7.05 Å². The van der Waals surface area contributed by atoms with E-state index >= 15 is 0 Å². The van der Waals surface area contributed by atoms with Crippen molar-refractivity contribution in [2.75, 3.05) is 28.7 Å². The SMILES string of the molecule is CCSc1nnc(NC(=O)[C@H](CC)Oc2ccc(N(C)S(C)(=O)=O)cc2)s1. The van der Waals surface area contributed by atoms with Crippen LogP contribution < -0.4 is 14.4 Å². The molecule has 1 N–H and O–H groups in total. The van der Waals surface area contributed by atoms with Crippen LogP contribution in [0.5, 0.6) is 5.75 Å². The van der Waals surface area contributed by atoms with Crippen LogP contribution in [0.25, 0.3) is 0 Å². The van der Waals surface area contributed by atoms with E-state index in [-0.39, 0.29) is 5.91 Å². The van der Waals surface area contributed by atoms with Crippen molar-refractivity contribution in [2.45, 2.75) is 30.7 Å². The van der Waals surface area contributed by atoms with Crippen molar-refractivity contribution in [3.63, 3.8) is 0 Å². The van der Waals surface area contributed by atoms with E-state index < -0.39 is 16.1 Å². The normalized spacial score (nSPS) is 12.4. The Hall–Kier alpha value is -1.85. The molecular weight excluding hydrogens is 408 g/mol. The highest BCUT2D eigenvalue weighted by atomic mass is 32.2. The van der Waals surface area contributed by atoms with Gasteiger partial charge in [0.05, 0.1) is 11.9 Å². The number of carbonyl (C=O) groups excluding carboxylic acids is 1. The van der Waals surface area contributed by atoms with Crippen LogP contribution >= 0.6 is 23.1 Å². The van der Waals surface area contributed by atoms with E-state index in [0.29, 0.717) is 23.0 Å². The van der Waals surface area contributed by atoms with E-state index in [0.717, 1.165) is 16.3 Å². The van der Waals surface area contributed by atoms with E-state index in [4.69, 9.17) is 4.74 Å². The van der Waals surface area contributed by atoms with E-state index in [2.05, 4.69) is 15.5 Å². The first kappa shape index (κ1) is 21.5. The Morgan fingerprint density at radius 3 is 2.52 bits per heavy atom. The van der Waals surface area contributed by atoms with Gasteiger partial charge in [0.15, 0.2) is 10.4 Å². The van der Waals surface area contributed by atoms with Gasteiger partial charge in [-0.15, -0.1) is 10.2 Å². The van der Waals surface area contributed by atoms with Crippen molar-refractivity contribution < 1.29 is 17.9 Å². The van der Waals surface area contributed by atoms with E-state index in [9.17, 15) is 13.2 Å². The topological polar surface area (TPSA) is 101 Å². The average Bonchev–Trinajstić information content (AvgIpc) is 3.06. The predicted molar refractivity (Wildman–Crippen MR) is 109 cm³/mol. The highest BCUT2D eigenvalue weighted by molar-refractivity contribution is 8.01. The number of nitrogens with one attached hydrogen (secondary N) is 1. The number of nitrogens with zero attached hydrogens (tertiary/aromatic N) is 3. The lowest BCUT2D eigenvalue weighted by Gasteiger charge is -2.19. The number of anilines is 2. The number of sulfonamides is 1. The first-order valence-corrected chi connectivity index (χ1v) is 11.9. The summed E-state index contributed by atoms with van der Waals surface area (Å²) in [5, 5.41) is 11.1. The third-order valence-electron chi connectivity index (χ3n) is 3.54. The molecule has 148 valence electrons. The molecule has 1 amide bonds. The molecule has 0 saturated carbocycles. The van der Waals surface area contributed by atoms with Crippen LogP contribution in [-0.4, -0.2) is 49.7 Å². The summed E-state index contributed by atoms with van der Waals surface area (Å²) in [7, 11) is -1.86. The molecule has 0 radical (unpaired) electrons. The largest absolute Gasteiger partial charge is 0.481 e. The van der Waals surface area contributed by atoms with Gasteiger partial charge in [-0.3, -0.25) is 14.4 Å². The van der Waals surface area contributed by atoms with E-state index in [1.54, 1.807) is 36.0 Å². The zero-order valence-corrected chi connectivity index (χ0v) is 17.9. The van der Waals surface area contributed by atoms with Gasteiger partial charge in [0.1, 0.15) is 5.75 Å². The quantitative estimate of drug-likeness (QED) is 0.482. The summed E-state index contributed by atoms with van der Waals surface area (Å²) < 4.78 is 30.9. The summed E-state index contributed by atoms with van der Waals surface area (Å²) in [5.41, 5.74) is 0.511. The van der Waals surface area contributed by atoms with Crippen molar-refractivity contribution in [3.05, 3.63) is 24.3 Å². The standard InChI is InChI=1S/C16H22N4O4S3/c1-5-13(14(21)17-15-18-19-16(26-15)25-6-2)24-12-9-7-11(8-10-12)20(3)27(4,22)23/h7-10,13H,5-6H2,1-4H3,(H,17,18,21)/t13-/m0/s1. The van der Waals surface area contributed by atoms with Crippen LogP contribution in [0.4, 0.5) is 10.8 Å². The number of hydrogen-bond donors (Lipinski definition) is 1. The van der Waals surface area contributed by atoms with Crippen LogP contribution in [-0.2, 0) is 14.8 Å². The van der Waals surface area contributed by atoms with Gasteiger partial charge in [0.25, 0.3) is 5.91 Å². The second kappa shape index (κ2) is 9.38. The number of ether oxygens (including phenoxy) is 1. The first-order valence-electron chi connectivity index (χ1n) is 8.22. The maximum atomic E-state index is 12.4. The zero-order chi connectivity index (χ0) is 20.0. The van der Waals surface area contributed by atoms with Crippen LogP contribution in [0.1, 0.15) is 20.3 Å². The maximum absolute atomic E-state index is 12.4. The fourth-order valence-corrected chi connectivity index (χ4v) is 4.20. The lowest BCUT2D eigenvalue weighted by Crippen LogP contribution is -2.32. The van der Waals surface area contributed by atoms with Gasteiger partial charge >= 0.3 is 0 Å². The van der Waals surface area contributed by atoms with Gasteiger partial charge in [-0.1, -0.05) is 36.9 Å². The maximum Gasteiger partial charge on any atom is 0.267 e. The summed E-state index contributed by atoms with van der Waals surface area (Å²) in [4.78, 5) is 12.4. The lowest BCUT2D eigenvalue weighted by atomic mass is 10.2. The Kier molecular flexibility index (Phi) is 7.45. The fraction of sp³-hybridized carbons (Fsp3) is 0.438. The molecule has 1 atom stereocenters. The molecule has 27 heavy (non-hydrogen) atoms. The molecule has 1 heterocycles. The van der Waals surface area contributed by atoms with Crippen LogP contribution in [0.3, 0.4) is 0 Å². The van der Waals surface area contributed by atoms with Gasteiger partial charge in [-0.25, -0.2) is 8.42 Å². The molecule has 2 aromatic rings. The Balaban J connectivity index is 2.01. The lowest BCUT2D eigenvalue weighted by molar-refractivity contribution is -0.122. The second-order valence-corrected chi connectivity index (χ2v) is 10.0. The van der Waals surface area contributed by atoms with Crippen LogP contribution in [0.2, 0.25) is 0 Å². The Morgan fingerprint density at radius 1 is 1.30 bits per heavy atom. The van der Waals surface area contributed by atoms with Crippen LogP contribution in [0.15, 0.2) is 28.6 Å². The van der Waals surface area contributed by atoms with Crippen molar-refractivity contribution in [2.24, 2.45) is 0 Å². The first-order chi connectivity index (χ1) is 12.7. The van der Waals surface area contributed by atoms with Crippen molar-refractivity contribution in [1.82, 2.24) is 10.2 Å². The molecule has 0 aliphatic heterocycles. The summed E-state index contributed by atoms with van der Waals surface area (Å²) >= 11 is 2.88. The summed E-state index contributed by atoms with van der Waals surface area (Å²) in [6.07, 6.45) is 0.897. The molecule has 0 aliphatic carbocycles. The molecule has 1 aromatic heterocycles. The van der Waals surface area contributed by atoms with Gasteiger partial charge in [0.2, 0.25) is 15.2 Å². The highest BCUT2D eigenvalue weighted by Crippen LogP contribution is 2.26. The number of hydrogen-bond acceptors (Lipinski definition) is 8. The van der Waals surface area contributed by atoms with E-state index in [1.165, 1.54) is 22.7 Å². The summed E-state index contributed by atoms with van der Waals surface area (Å²) in [6, 6.07) is 6.52. The Labute approximate surface area is 167 Å². The minimum Gasteiger partial charge on any atom is -0.481 e. The molecular formula is C16H22N4O4S3.